The maximum atomic E-state index is 6.66. The molecule has 0 amide bonds. The zero-order chi connectivity index (χ0) is 13.2. The molecule has 0 aliphatic heterocycles. The van der Waals surface area contributed by atoms with Crippen LogP contribution in [-0.2, 0) is 12.8 Å². The molecule has 0 spiro atoms. The number of hydrogen-bond acceptors (Lipinski definition) is 2. The van der Waals surface area contributed by atoms with Crippen LogP contribution in [0.1, 0.15) is 51.3 Å². The standard InChI is InChI=1S/C16H26N2/c1-4-14-7-8-15(18-11-14)10-16(17)9-12(2)5-6-13(16)3/h7-8,11-13H,4-6,9-10,17H2,1-3H3. The largest absolute Gasteiger partial charge is 0.324 e. The Bertz CT molecular complexity index is 385. The Morgan fingerprint density at radius 1 is 1.33 bits per heavy atom. The smallest absolute Gasteiger partial charge is 0.0422 e. The third-order valence-electron chi connectivity index (χ3n) is 4.61. The fourth-order valence-corrected chi connectivity index (χ4v) is 3.13. The predicted octanol–water partition coefficient (Wildman–Crippen LogP) is 3.34. The molecule has 18 heavy (non-hydrogen) atoms. The lowest BCUT2D eigenvalue weighted by molar-refractivity contribution is 0.160. The Labute approximate surface area is 111 Å². The van der Waals surface area contributed by atoms with Crippen LogP contribution in [0.5, 0.6) is 0 Å². The van der Waals surface area contributed by atoms with Crippen LogP contribution in [0.25, 0.3) is 0 Å². The highest BCUT2D eigenvalue weighted by molar-refractivity contribution is 5.16. The second-order valence-corrected chi connectivity index (χ2v) is 6.21. The molecular formula is C16H26N2. The van der Waals surface area contributed by atoms with Crippen LogP contribution >= 0.6 is 0 Å². The van der Waals surface area contributed by atoms with E-state index in [9.17, 15) is 0 Å². The third kappa shape index (κ3) is 2.92. The van der Waals surface area contributed by atoms with E-state index in [0.717, 1.165) is 30.9 Å². The number of aryl methyl sites for hydroxylation is 1. The summed E-state index contributed by atoms with van der Waals surface area (Å²) in [6.07, 6.45) is 7.67. The van der Waals surface area contributed by atoms with Gasteiger partial charge in [0.25, 0.3) is 0 Å². The monoisotopic (exact) mass is 246 g/mol. The molecule has 0 radical (unpaired) electrons. The van der Waals surface area contributed by atoms with Crippen LogP contribution in [0, 0.1) is 11.8 Å². The van der Waals surface area contributed by atoms with Crippen LogP contribution < -0.4 is 5.73 Å². The second-order valence-electron chi connectivity index (χ2n) is 6.21. The van der Waals surface area contributed by atoms with Gasteiger partial charge in [-0.05, 0) is 42.7 Å². The summed E-state index contributed by atoms with van der Waals surface area (Å²) in [6, 6.07) is 4.34. The van der Waals surface area contributed by atoms with Gasteiger partial charge in [-0.15, -0.1) is 0 Å². The van der Waals surface area contributed by atoms with Crippen molar-refractivity contribution in [2.24, 2.45) is 17.6 Å². The number of aromatic nitrogens is 1. The normalized spacial score (nSPS) is 32.4. The van der Waals surface area contributed by atoms with Gasteiger partial charge < -0.3 is 5.73 Å². The Kier molecular flexibility index (Phi) is 4.06. The van der Waals surface area contributed by atoms with Gasteiger partial charge in [0.2, 0.25) is 0 Å². The average Bonchev–Trinajstić information content (AvgIpc) is 2.35. The van der Waals surface area contributed by atoms with Crippen LogP contribution in [0.2, 0.25) is 0 Å². The van der Waals surface area contributed by atoms with Crippen molar-refractivity contribution in [1.82, 2.24) is 4.98 Å². The van der Waals surface area contributed by atoms with Gasteiger partial charge in [0.15, 0.2) is 0 Å². The summed E-state index contributed by atoms with van der Waals surface area (Å²) in [5, 5.41) is 0. The Morgan fingerprint density at radius 2 is 2.11 bits per heavy atom. The SMILES string of the molecule is CCc1ccc(CC2(N)CC(C)CCC2C)nc1. The van der Waals surface area contributed by atoms with Crippen LogP contribution in [-0.4, -0.2) is 10.5 Å². The van der Waals surface area contributed by atoms with Gasteiger partial charge in [0.05, 0.1) is 0 Å². The van der Waals surface area contributed by atoms with Crippen molar-refractivity contribution < 1.29 is 0 Å². The summed E-state index contributed by atoms with van der Waals surface area (Å²) in [4.78, 5) is 4.57. The third-order valence-corrected chi connectivity index (χ3v) is 4.61. The van der Waals surface area contributed by atoms with Crippen molar-refractivity contribution in [3.63, 3.8) is 0 Å². The van der Waals surface area contributed by atoms with E-state index in [4.69, 9.17) is 5.73 Å². The molecule has 0 aromatic carbocycles. The molecule has 2 nitrogen and oxygen atoms in total. The van der Waals surface area contributed by atoms with E-state index in [-0.39, 0.29) is 5.54 Å². The quantitative estimate of drug-likeness (QED) is 0.888. The molecule has 0 bridgehead atoms. The number of rotatable bonds is 3. The molecule has 1 aromatic heterocycles. The van der Waals surface area contributed by atoms with Crippen LogP contribution in [0.4, 0.5) is 0 Å². The van der Waals surface area contributed by atoms with E-state index in [1.165, 1.54) is 18.4 Å². The van der Waals surface area contributed by atoms with E-state index < -0.39 is 0 Å². The van der Waals surface area contributed by atoms with Crippen molar-refractivity contribution in [3.8, 4) is 0 Å². The Morgan fingerprint density at radius 3 is 2.72 bits per heavy atom. The molecular weight excluding hydrogens is 220 g/mol. The van der Waals surface area contributed by atoms with Crippen molar-refractivity contribution in [1.29, 1.82) is 0 Å². The van der Waals surface area contributed by atoms with E-state index in [1.807, 2.05) is 6.20 Å². The summed E-state index contributed by atoms with van der Waals surface area (Å²) >= 11 is 0. The maximum absolute atomic E-state index is 6.66. The van der Waals surface area contributed by atoms with Gasteiger partial charge in [0.1, 0.15) is 0 Å². The van der Waals surface area contributed by atoms with Gasteiger partial charge in [-0.3, -0.25) is 4.98 Å². The molecule has 1 saturated carbocycles. The Balaban J connectivity index is 2.10. The molecule has 2 N–H and O–H groups in total. The van der Waals surface area contributed by atoms with Crippen molar-refractivity contribution >= 4 is 0 Å². The number of nitrogens with two attached hydrogens (primary N) is 1. The van der Waals surface area contributed by atoms with Crippen molar-refractivity contribution in [2.75, 3.05) is 0 Å². The first-order valence-electron chi connectivity index (χ1n) is 7.26. The molecule has 3 unspecified atom stereocenters. The summed E-state index contributed by atoms with van der Waals surface area (Å²) < 4.78 is 0. The fraction of sp³-hybridized carbons (Fsp3) is 0.688. The van der Waals surface area contributed by atoms with E-state index >= 15 is 0 Å². The minimum absolute atomic E-state index is 0.0571. The van der Waals surface area contributed by atoms with Crippen molar-refractivity contribution in [3.05, 3.63) is 29.6 Å². The number of nitrogens with zero attached hydrogens (tertiary/aromatic N) is 1. The highest BCUT2D eigenvalue weighted by Gasteiger charge is 2.37. The maximum Gasteiger partial charge on any atom is 0.0422 e. The second kappa shape index (κ2) is 5.40. The topological polar surface area (TPSA) is 38.9 Å². The van der Waals surface area contributed by atoms with Gasteiger partial charge in [-0.2, -0.15) is 0 Å². The highest BCUT2D eigenvalue weighted by atomic mass is 14.8. The van der Waals surface area contributed by atoms with Crippen LogP contribution in [0.15, 0.2) is 18.3 Å². The fourth-order valence-electron chi connectivity index (χ4n) is 3.13. The van der Waals surface area contributed by atoms with E-state index in [1.54, 1.807) is 0 Å². The minimum Gasteiger partial charge on any atom is -0.324 e. The van der Waals surface area contributed by atoms with Gasteiger partial charge in [-0.25, -0.2) is 0 Å². The first-order chi connectivity index (χ1) is 8.53. The zero-order valence-corrected chi connectivity index (χ0v) is 11.9. The molecule has 0 saturated heterocycles. The lowest BCUT2D eigenvalue weighted by Crippen LogP contribution is -2.51. The van der Waals surface area contributed by atoms with Crippen molar-refractivity contribution in [2.45, 2.75) is 58.4 Å². The summed E-state index contributed by atoms with van der Waals surface area (Å²) in [5.41, 5.74) is 9.05. The number of hydrogen-bond donors (Lipinski definition) is 1. The zero-order valence-electron chi connectivity index (χ0n) is 11.9. The summed E-state index contributed by atoms with van der Waals surface area (Å²) in [6.45, 7) is 6.78. The molecule has 1 fully saturated rings. The highest BCUT2D eigenvalue weighted by Crippen LogP contribution is 2.36. The lowest BCUT2D eigenvalue weighted by Gasteiger charge is -2.42. The van der Waals surface area contributed by atoms with Gasteiger partial charge in [0, 0.05) is 23.9 Å². The molecule has 2 rings (SSSR count). The molecule has 2 heteroatoms. The lowest BCUT2D eigenvalue weighted by atomic mass is 9.68. The minimum atomic E-state index is -0.0571. The molecule has 1 aliphatic rings. The summed E-state index contributed by atoms with van der Waals surface area (Å²) in [7, 11) is 0. The van der Waals surface area contributed by atoms with Gasteiger partial charge >= 0.3 is 0 Å². The first kappa shape index (κ1) is 13.5. The van der Waals surface area contributed by atoms with E-state index in [0.29, 0.717) is 5.92 Å². The molecule has 100 valence electrons. The first-order valence-corrected chi connectivity index (χ1v) is 7.26. The predicted molar refractivity (Wildman–Crippen MR) is 76.4 cm³/mol. The Hall–Kier alpha value is -0.890. The molecule has 1 aromatic rings. The molecule has 1 heterocycles. The molecule has 3 atom stereocenters. The molecule has 1 aliphatic carbocycles. The van der Waals surface area contributed by atoms with Crippen LogP contribution in [0.3, 0.4) is 0 Å². The van der Waals surface area contributed by atoms with Gasteiger partial charge in [-0.1, -0.05) is 33.3 Å². The van der Waals surface area contributed by atoms with E-state index in [2.05, 4.69) is 37.9 Å². The number of pyridine rings is 1. The summed E-state index contributed by atoms with van der Waals surface area (Å²) in [5.74, 6) is 1.35. The average molecular weight is 246 g/mol.